The number of aromatic nitrogens is 2. The molecule has 1 aromatic heterocycles. The van der Waals surface area contributed by atoms with Crippen molar-refractivity contribution < 1.29 is 14.1 Å². The molecule has 0 unspecified atom stereocenters. The topological polar surface area (TPSA) is 73.3 Å². The van der Waals surface area contributed by atoms with Crippen molar-refractivity contribution in [1.82, 2.24) is 15.3 Å². The number of carbonyl (C=O) groups excluding carboxylic acids is 1. The van der Waals surface area contributed by atoms with Crippen LogP contribution in [0.1, 0.15) is 40.2 Å². The molecule has 1 saturated heterocycles. The van der Waals surface area contributed by atoms with Crippen LogP contribution >= 0.6 is 11.6 Å². The van der Waals surface area contributed by atoms with Gasteiger partial charge in [0, 0.05) is 18.9 Å². The summed E-state index contributed by atoms with van der Waals surface area (Å²) < 4.78 is 12.3. The number of amides is 1. The molecular formula is C19H23BClN3O3. The second-order valence-electron chi connectivity index (χ2n) is 7.66. The summed E-state index contributed by atoms with van der Waals surface area (Å²) in [7, 11) is -0.550. The minimum Gasteiger partial charge on any atom is -0.400 e. The second-order valence-corrected chi connectivity index (χ2v) is 8.02. The number of hydrogen-bond acceptors (Lipinski definition) is 5. The number of nitrogens with one attached hydrogen (secondary N) is 1. The zero-order valence-electron chi connectivity index (χ0n) is 16.2. The van der Waals surface area contributed by atoms with Crippen LogP contribution in [0.25, 0.3) is 17.0 Å². The normalized spacial score (nSPS) is 18.7. The van der Waals surface area contributed by atoms with Gasteiger partial charge in [-0.05, 0) is 50.9 Å². The number of hydrogen-bond donors (Lipinski definition) is 1. The predicted octanol–water partition coefficient (Wildman–Crippen LogP) is 3.43. The van der Waals surface area contributed by atoms with Gasteiger partial charge in [-0.3, -0.25) is 4.79 Å². The number of fused-ring (bicyclic) bond motifs is 1. The van der Waals surface area contributed by atoms with Crippen molar-refractivity contribution >= 4 is 41.6 Å². The van der Waals surface area contributed by atoms with Crippen LogP contribution < -0.4 is 5.32 Å². The lowest BCUT2D eigenvalue weighted by molar-refractivity contribution is -0.118. The van der Waals surface area contributed by atoms with E-state index >= 15 is 0 Å². The van der Waals surface area contributed by atoms with Gasteiger partial charge in [0.1, 0.15) is 11.5 Å². The highest BCUT2D eigenvalue weighted by molar-refractivity contribution is 6.56. The molecule has 0 aliphatic carbocycles. The third-order valence-electron chi connectivity index (χ3n) is 5.06. The SMILES string of the molecule is CC(=O)NCC(=Cc1ccc2c(Cl)ncnc2c1)B1OC(C)(C)C(C)(C)O1. The van der Waals surface area contributed by atoms with E-state index in [-0.39, 0.29) is 5.91 Å². The van der Waals surface area contributed by atoms with Crippen LogP contribution in [-0.4, -0.2) is 40.7 Å². The van der Waals surface area contributed by atoms with Gasteiger partial charge in [-0.25, -0.2) is 9.97 Å². The number of rotatable bonds is 4. The molecule has 3 rings (SSSR count). The van der Waals surface area contributed by atoms with Crippen molar-refractivity contribution in [2.75, 3.05) is 6.54 Å². The maximum absolute atomic E-state index is 11.4. The van der Waals surface area contributed by atoms with Gasteiger partial charge >= 0.3 is 7.12 Å². The quantitative estimate of drug-likeness (QED) is 0.642. The van der Waals surface area contributed by atoms with E-state index in [4.69, 9.17) is 20.9 Å². The largest absolute Gasteiger partial charge is 0.492 e. The molecule has 1 N–H and O–H groups in total. The van der Waals surface area contributed by atoms with E-state index in [0.29, 0.717) is 11.7 Å². The van der Waals surface area contributed by atoms with Crippen LogP contribution in [0.5, 0.6) is 0 Å². The highest BCUT2D eigenvalue weighted by atomic mass is 35.5. The summed E-state index contributed by atoms with van der Waals surface area (Å²) >= 11 is 6.11. The van der Waals surface area contributed by atoms with Crippen LogP contribution in [0, 0.1) is 0 Å². The number of halogens is 1. The molecule has 1 aromatic carbocycles. The highest BCUT2D eigenvalue weighted by Gasteiger charge is 2.52. The van der Waals surface area contributed by atoms with E-state index < -0.39 is 18.3 Å². The van der Waals surface area contributed by atoms with Gasteiger partial charge in [0.15, 0.2) is 0 Å². The molecule has 2 heterocycles. The Bertz CT molecular complexity index is 898. The standard InChI is InChI=1S/C19H23BClN3O3/c1-12(25)22-10-14(20-26-18(2,3)19(4,5)27-20)8-13-6-7-15-16(9-13)23-11-24-17(15)21/h6-9,11H,10H2,1-5H3,(H,22,25). The zero-order chi connectivity index (χ0) is 19.8. The first kappa shape index (κ1) is 19.8. The molecule has 142 valence electrons. The number of nitrogens with zero attached hydrogens (tertiary/aromatic N) is 2. The minimum atomic E-state index is -0.550. The van der Waals surface area contributed by atoms with Crippen LogP contribution in [0.15, 0.2) is 30.0 Å². The Morgan fingerprint density at radius 2 is 1.89 bits per heavy atom. The fourth-order valence-electron chi connectivity index (χ4n) is 2.77. The maximum atomic E-state index is 11.4. The van der Waals surface area contributed by atoms with Crippen molar-refractivity contribution in [3.8, 4) is 0 Å². The Morgan fingerprint density at radius 1 is 1.22 bits per heavy atom. The van der Waals surface area contributed by atoms with Gasteiger partial charge in [-0.2, -0.15) is 0 Å². The van der Waals surface area contributed by atoms with Crippen LogP contribution in [0.4, 0.5) is 0 Å². The number of benzene rings is 1. The summed E-state index contributed by atoms with van der Waals surface area (Å²) in [6, 6.07) is 5.72. The van der Waals surface area contributed by atoms with Crippen molar-refractivity contribution in [1.29, 1.82) is 0 Å². The Labute approximate surface area is 164 Å². The lowest BCUT2D eigenvalue weighted by atomic mass is 9.77. The zero-order valence-corrected chi connectivity index (χ0v) is 16.9. The second kappa shape index (κ2) is 7.22. The lowest BCUT2D eigenvalue weighted by Crippen LogP contribution is -2.41. The minimum absolute atomic E-state index is 0.115. The molecule has 8 heteroatoms. The van der Waals surface area contributed by atoms with Crippen molar-refractivity contribution in [2.24, 2.45) is 0 Å². The van der Waals surface area contributed by atoms with Gasteiger partial charge < -0.3 is 14.6 Å². The van der Waals surface area contributed by atoms with E-state index in [0.717, 1.165) is 21.9 Å². The van der Waals surface area contributed by atoms with Crippen molar-refractivity contribution in [3.63, 3.8) is 0 Å². The first-order valence-corrected chi connectivity index (χ1v) is 9.18. The highest BCUT2D eigenvalue weighted by Crippen LogP contribution is 2.38. The van der Waals surface area contributed by atoms with Crippen molar-refractivity contribution in [3.05, 3.63) is 40.7 Å². The van der Waals surface area contributed by atoms with Crippen LogP contribution in [-0.2, 0) is 14.1 Å². The molecule has 0 spiro atoms. The van der Waals surface area contributed by atoms with Gasteiger partial charge in [0.05, 0.1) is 16.7 Å². The summed E-state index contributed by atoms with van der Waals surface area (Å²) in [4.78, 5) is 19.7. The summed E-state index contributed by atoms with van der Waals surface area (Å²) in [6.45, 7) is 9.80. The Balaban J connectivity index is 1.97. The van der Waals surface area contributed by atoms with Gasteiger partial charge in [0.2, 0.25) is 5.91 Å². The van der Waals surface area contributed by atoms with E-state index in [1.165, 1.54) is 13.3 Å². The van der Waals surface area contributed by atoms with E-state index in [1.807, 2.05) is 52.0 Å². The summed E-state index contributed by atoms with van der Waals surface area (Å²) in [5.41, 5.74) is 1.56. The molecule has 27 heavy (non-hydrogen) atoms. The Hall–Kier alpha value is -1.96. The predicted molar refractivity (Wildman–Crippen MR) is 107 cm³/mol. The first-order chi connectivity index (χ1) is 12.6. The van der Waals surface area contributed by atoms with E-state index in [1.54, 1.807) is 0 Å². The number of carbonyl (C=O) groups is 1. The molecule has 1 aliphatic heterocycles. The molecule has 0 bridgehead atoms. The van der Waals surface area contributed by atoms with Gasteiger partial charge in [-0.1, -0.05) is 23.7 Å². The average Bonchev–Trinajstić information content (AvgIpc) is 2.79. The van der Waals surface area contributed by atoms with Gasteiger partial charge in [-0.15, -0.1) is 0 Å². The van der Waals surface area contributed by atoms with Crippen LogP contribution in [0.3, 0.4) is 0 Å². The average molecular weight is 388 g/mol. The summed E-state index contributed by atoms with van der Waals surface area (Å²) in [5, 5.41) is 4.03. The molecule has 1 fully saturated rings. The monoisotopic (exact) mass is 387 g/mol. The summed E-state index contributed by atoms with van der Waals surface area (Å²) in [6.07, 6.45) is 3.39. The van der Waals surface area contributed by atoms with E-state index in [9.17, 15) is 4.79 Å². The molecule has 1 amide bonds. The third kappa shape index (κ3) is 4.15. The molecule has 6 nitrogen and oxygen atoms in total. The molecule has 0 saturated carbocycles. The smallest absolute Gasteiger partial charge is 0.400 e. The summed E-state index contributed by atoms with van der Waals surface area (Å²) in [5.74, 6) is -0.115. The molecule has 1 aliphatic rings. The van der Waals surface area contributed by atoms with Gasteiger partial charge in [0.25, 0.3) is 0 Å². The van der Waals surface area contributed by atoms with Crippen LogP contribution in [0.2, 0.25) is 5.15 Å². The van der Waals surface area contributed by atoms with Crippen molar-refractivity contribution in [2.45, 2.75) is 45.8 Å². The molecule has 0 radical (unpaired) electrons. The lowest BCUT2D eigenvalue weighted by Gasteiger charge is -2.32. The molecular weight excluding hydrogens is 364 g/mol. The Kier molecular flexibility index (Phi) is 5.30. The molecule has 2 aromatic rings. The molecule has 0 atom stereocenters. The van der Waals surface area contributed by atoms with E-state index in [2.05, 4.69) is 15.3 Å². The Morgan fingerprint density at radius 3 is 2.52 bits per heavy atom. The first-order valence-electron chi connectivity index (χ1n) is 8.80. The third-order valence-corrected chi connectivity index (χ3v) is 5.36. The fourth-order valence-corrected chi connectivity index (χ4v) is 2.97. The maximum Gasteiger partial charge on any atom is 0.492 e. The fraction of sp³-hybridized carbons (Fsp3) is 0.421.